The highest BCUT2D eigenvalue weighted by atomic mass is 16.4. The average molecular weight is 332 g/mol. The highest BCUT2D eigenvalue weighted by Crippen LogP contribution is 2.20. The summed E-state index contributed by atoms with van der Waals surface area (Å²) < 4.78 is 0. The van der Waals surface area contributed by atoms with E-state index < -0.39 is 5.97 Å². The van der Waals surface area contributed by atoms with Gasteiger partial charge in [0.05, 0.1) is 12.1 Å². The molecule has 1 amide bonds. The lowest BCUT2D eigenvalue weighted by Crippen LogP contribution is -2.36. The zero-order chi connectivity index (χ0) is 17.5. The maximum atomic E-state index is 12.0. The summed E-state index contributed by atoms with van der Waals surface area (Å²) >= 11 is 0. The van der Waals surface area contributed by atoms with Crippen LogP contribution in [0.15, 0.2) is 18.5 Å². The zero-order valence-corrected chi connectivity index (χ0v) is 14.1. The SMILES string of the molecule is CC.O=C(O)c1c[nH]c2nccc(CNCC(=O)N3CCCC3)c12. The van der Waals surface area contributed by atoms with Gasteiger partial charge >= 0.3 is 5.97 Å². The highest BCUT2D eigenvalue weighted by Gasteiger charge is 2.18. The van der Waals surface area contributed by atoms with Crippen molar-refractivity contribution >= 4 is 22.9 Å². The van der Waals surface area contributed by atoms with Gasteiger partial charge in [-0.05, 0) is 24.5 Å². The molecule has 0 saturated carbocycles. The Morgan fingerprint density at radius 2 is 2.04 bits per heavy atom. The Morgan fingerprint density at radius 1 is 1.33 bits per heavy atom. The van der Waals surface area contributed by atoms with Crippen molar-refractivity contribution in [3.63, 3.8) is 0 Å². The fourth-order valence-electron chi connectivity index (χ4n) is 2.82. The number of hydrogen-bond acceptors (Lipinski definition) is 4. The van der Waals surface area contributed by atoms with Gasteiger partial charge in [-0.25, -0.2) is 9.78 Å². The number of carbonyl (C=O) groups is 2. The van der Waals surface area contributed by atoms with Gasteiger partial charge in [0, 0.05) is 37.4 Å². The Balaban J connectivity index is 0.00000100. The third-order valence-electron chi connectivity index (χ3n) is 3.94. The van der Waals surface area contributed by atoms with E-state index in [1.165, 1.54) is 6.20 Å². The van der Waals surface area contributed by atoms with Gasteiger partial charge < -0.3 is 20.3 Å². The van der Waals surface area contributed by atoms with Crippen LogP contribution in [-0.4, -0.2) is 51.5 Å². The molecule has 7 heteroatoms. The molecule has 24 heavy (non-hydrogen) atoms. The number of rotatable bonds is 5. The number of carbonyl (C=O) groups excluding carboxylic acids is 1. The Kier molecular flexibility index (Phi) is 6.31. The normalized spacial score (nSPS) is 13.7. The van der Waals surface area contributed by atoms with Crippen molar-refractivity contribution in [2.45, 2.75) is 33.2 Å². The lowest BCUT2D eigenvalue weighted by atomic mass is 10.1. The number of H-pyrrole nitrogens is 1. The number of aromatic amines is 1. The van der Waals surface area contributed by atoms with Crippen molar-refractivity contribution in [3.05, 3.63) is 29.6 Å². The first kappa shape index (κ1) is 17.9. The molecule has 0 atom stereocenters. The number of carboxylic acid groups (broad SMARTS) is 1. The number of nitrogens with zero attached hydrogens (tertiary/aromatic N) is 2. The number of aromatic carboxylic acids is 1. The van der Waals surface area contributed by atoms with Crippen LogP contribution in [0.4, 0.5) is 0 Å². The Labute approximate surface area is 141 Å². The Bertz CT molecular complexity index is 705. The molecule has 0 radical (unpaired) electrons. The molecule has 0 aliphatic carbocycles. The Morgan fingerprint density at radius 3 is 2.71 bits per heavy atom. The van der Waals surface area contributed by atoms with Crippen LogP contribution in [0.25, 0.3) is 11.0 Å². The zero-order valence-electron chi connectivity index (χ0n) is 14.1. The lowest BCUT2D eigenvalue weighted by molar-refractivity contribution is -0.129. The molecule has 0 spiro atoms. The third-order valence-corrected chi connectivity index (χ3v) is 3.94. The summed E-state index contributed by atoms with van der Waals surface area (Å²) in [5.41, 5.74) is 1.56. The molecule has 3 rings (SSSR count). The summed E-state index contributed by atoms with van der Waals surface area (Å²) in [6, 6.07) is 1.77. The van der Waals surface area contributed by atoms with Crippen LogP contribution in [0.5, 0.6) is 0 Å². The molecule has 1 fully saturated rings. The van der Waals surface area contributed by atoms with Crippen LogP contribution in [0.1, 0.15) is 42.6 Å². The van der Waals surface area contributed by atoms with E-state index in [2.05, 4.69) is 15.3 Å². The summed E-state index contributed by atoms with van der Waals surface area (Å²) in [4.78, 5) is 32.1. The maximum Gasteiger partial charge on any atom is 0.337 e. The molecule has 0 unspecified atom stereocenters. The number of likely N-dealkylation sites (tertiary alicyclic amines) is 1. The topological polar surface area (TPSA) is 98.3 Å². The van der Waals surface area contributed by atoms with Crippen LogP contribution in [0.3, 0.4) is 0 Å². The van der Waals surface area contributed by atoms with Crippen molar-refractivity contribution < 1.29 is 14.7 Å². The van der Waals surface area contributed by atoms with Gasteiger partial charge in [0.2, 0.25) is 5.91 Å². The predicted octanol–water partition coefficient (Wildman–Crippen LogP) is 2.00. The predicted molar refractivity (Wildman–Crippen MR) is 91.9 cm³/mol. The van der Waals surface area contributed by atoms with Crippen molar-refractivity contribution in [1.82, 2.24) is 20.2 Å². The number of amides is 1. The van der Waals surface area contributed by atoms with Gasteiger partial charge in [-0.15, -0.1) is 0 Å². The first-order valence-electron chi connectivity index (χ1n) is 8.33. The van der Waals surface area contributed by atoms with E-state index in [-0.39, 0.29) is 18.0 Å². The summed E-state index contributed by atoms with van der Waals surface area (Å²) in [5, 5.41) is 12.9. The van der Waals surface area contributed by atoms with Crippen LogP contribution in [0, 0.1) is 0 Å². The van der Waals surface area contributed by atoms with E-state index in [1.807, 2.05) is 18.7 Å². The van der Waals surface area contributed by atoms with Crippen LogP contribution in [-0.2, 0) is 11.3 Å². The molecule has 7 nitrogen and oxygen atoms in total. The van der Waals surface area contributed by atoms with Gasteiger partial charge in [0.25, 0.3) is 0 Å². The molecule has 2 aromatic heterocycles. The summed E-state index contributed by atoms with van der Waals surface area (Å²) in [6.45, 7) is 6.36. The molecule has 0 bridgehead atoms. The number of carboxylic acids is 1. The minimum atomic E-state index is -0.992. The molecule has 2 aromatic rings. The van der Waals surface area contributed by atoms with Crippen LogP contribution in [0.2, 0.25) is 0 Å². The third kappa shape index (κ3) is 3.91. The first-order chi connectivity index (χ1) is 11.7. The number of pyridine rings is 1. The van der Waals surface area contributed by atoms with Crippen molar-refractivity contribution in [2.24, 2.45) is 0 Å². The summed E-state index contributed by atoms with van der Waals surface area (Å²) in [5.74, 6) is -0.899. The largest absolute Gasteiger partial charge is 0.478 e. The Hall–Kier alpha value is -2.41. The van der Waals surface area contributed by atoms with Gasteiger partial charge in [0.15, 0.2) is 0 Å². The summed E-state index contributed by atoms with van der Waals surface area (Å²) in [6.07, 6.45) is 5.22. The first-order valence-corrected chi connectivity index (χ1v) is 8.33. The van der Waals surface area contributed by atoms with Crippen LogP contribution >= 0.6 is 0 Å². The molecule has 1 aliphatic rings. The minimum absolute atomic E-state index is 0.0929. The number of fused-ring (bicyclic) bond motifs is 1. The summed E-state index contributed by atoms with van der Waals surface area (Å²) in [7, 11) is 0. The standard InChI is InChI=1S/C15H18N4O3.C2H6/c20-12(19-5-1-2-6-19)9-16-7-10-3-4-17-14-13(10)11(8-18-14)15(21)22;1-2/h3-4,8,16H,1-2,5-7,9H2,(H,17,18)(H,21,22);1-2H3. The van der Waals surface area contributed by atoms with Crippen LogP contribution < -0.4 is 5.32 Å². The molecule has 3 N–H and O–H groups in total. The number of aromatic nitrogens is 2. The van der Waals surface area contributed by atoms with Crippen molar-refractivity contribution in [3.8, 4) is 0 Å². The van der Waals surface area contributed by atoms with E-state index in [1.54, 1.807) is 12.3 Å². The molecule has 3 heterocycles. The molecular weight excluding hydrogens is 308 g/mol. The van der Waals surface area contributed by atoms with Crippen molar-refractivity contribution in [1.29, 1.82) is 0 Å². The van der Waals surface area contributed by atoms with Crippen molar-refractivity contribution in [2.75, 3.05) is 19.6 Å². The second-order valence-electron chi connectivity index (χ2n) is 5.39. The number of hydrogen-bond donors (Lipinski definition) is 3. The monoisotopic (exact) mass is 332 g/mol. The van der Waals surface area contributed by atoms with E-state index in [9.17, 15) is 14.7 Å². The molecule has 1 aliphatic heterocycles. The molecule has 130 valence electrons. The molecule has 0 aromatic carbocycles. The second kappa shape index (κ2) is 8.44. The van der Waals surface area contributed by atoms with Gasteiger partial charge in [0.1, 0.15) is 5.65 Å². The fourth-order valence-corrected chi connectivity index (χ4v) is 2.82. The second-order valence-corrected chi connectivity index (χ2v) is 5.39. The van der Waals surface area contributed by atoms with Gasteiger partial charge in [-0.2, -0.15) is 0 Å². The lowest BCUT2D eigenvalue weighted by Gasteiger charge is -2.15. The fraction of sp³-hybridized carbons (Fsp3) is 0.471. The molecular formula is C17H24N4O3. The average Bonchev–Trinajstić information content (AvgIpc) is 3.26. The van der Waals surface area contributed by atoms with Gasteiger partial charge in [-0.1, -0.05) is 13.8 Å². The number of nitrogens with one attached hydrogen (secondary N) is 2. The minimum Gasteiger partial charge on any atom is -0.478 e. The smallest absolute Gasteiger partial charge is 0.337 e. The quantitative estimate of drug-likeness (QED) is 0.778. The van der Waals surface area contributed by atoms with Gasteiger partial charge in [-0.3, -0.25) is 4.79 Å². The van der Waals surface area contributed by atoms with E-state index in [0.717, 1.165) is 31.5 Å². The maximum absolute atomic E-state index is 12.0. The molecule has 1 saturated heterocycles. The van der Waals surface area contributed by atoms with E-state index >= 15 is 0 Å². The van der Waals surface area contributed by atoms with E-state index in [4.69, 9.17) is 0 Å². The van der Waals surface area contributed by atoms with E-state index in [0.29, 0.717) is 17.6 Å². The highest BCUT2D eigenvalue weighted by molar-refractivity contribution is 6.03.